The van der Waals surface area contributed by atoms with E-state index in [1.165, 1.54) is 0 Å². The number of carbonyl (C=O) groups is 1. The minimum atomic E-state index is -0.836. The van der Waals surface area contributed by atoms with E-state index in [4.69, 9.17) is 11.6 Å². The van der Waals surface area contributed by atoms with Crippen molar-refractivity contribution in [2.45, 2.75) is 43.5 Å². The van der Waals surface area contributed by atoms with Crippen LogP contribution in [-0.2, 0) is 4.79 Å². The Balaban J connectivity index is 2.41. The molecule has 0 saturated heterocycles. The molecule has 0 aliphatic rings. The van der Waals surface area contributed by atoms with Crippen LogP contribution in [0.15, 0.2) is 29.2 Å². The number of aliphatic carboxylic acids is 1. The Kier molecular flexibility index (Phi) is 7.41. The van der Waals surface area contributed by atoms with Gasteiger partial charge in [0.15, 0.2) is 0 Å². The van der Waals surface area contributed by atoms with Crippen LogP contribution in [0.1, 0.15) is 33.1 Å². The van der Waals surface area contributed by atoms with Gasteiger partial charge in [-0.1, -0.05) is 30.7 Å². The minimum absolute atomic E-state index is 0.611. The maximum Gasteiger partial charge on any atom is 0.323 e. The largest absolute Gasteiger partial charge is 0.480 e. The molecule has 0 radical (unpaired) electrons. The lowest BCUT2D eigenvalue weighted by atomic mass is 9.96. The molecule has 2 N–H and O–H groups in total. The van der Waals surface area contributed by atoms with Gasteiger partial charge in [-0.3, -0.25) is 4.79 Å². The fraction of sp³-hybridized carbons (Fsp3) is 0.533. The zero-order valence-corrected chi connectivity index (χ0v) is 13.6. The lowest BCUT2D eigenvalue weighted by Crippen LogP contribution is -2.49. The van der Waals surface area contributed by atoms with E-state index < -0.39 is 11.5 Å². The van der Waals surface area contributed by atoms with Gasteiger partial charge in [-0.05, 0) is 50.6 Å². The van der Waals surface area contributed by atoms with Crippen LogP contribution in [0.4, 0.5) is 0 Å². The van der Waals surface area contributed by atoms with Crippen LogP contribution in [-0.4, -0.2) is 28.9 Å². The molecular formula is C15H22ClNO2S. The highest BCUT2D eigenvalue weighted by molar-refractivity contribution is 7.99. The Morgan fingerprint density at radius 2 is 2.15 bits per heavy atom. The molecule has 5 heteroatoms. The lowest BCUT2D eigenvalue weighted by molar-refractivity contribution is -0.144. The van der Waals surface area contributed by atoms with Gasteiger partial charge in [0.1, 0.15) is 5.54 Å². The first kappa shape index (κ1) is 17.3. The Morgan fingerprint density at radius 1 is 1.45 bits per heavy atom. The van der Waals surface area contributed by atoms with Gasteiger partial charge in [0.2, 0.25) is 0 Å². The predicted octanol–water partition coefficient (Wildman–Crippen LogP) is 4.06. The molecule has 1 aromatic rings. The molecular weight excluding hydrogens is 294 g/mol. The van der Waals surface area contributed by atoms with Crippen molar-refractivity contribution in [3.63, 3.8) is 0 Å². The van der Waals surface area contributed by atoms with E-state index in [2.05, 4.69) is 5.32 Å². The summed E-state index contributed by atoms with van der Waals surface area (Å²) in [6.07, 6.45) is 2.37. The van der Waals surface area contributed by atoms with Crippen molar-refractivity contribution in [1.29, 1.82) is 0 Å². The number of thioether (sulfide) groups is 1. The first-order chi connectivity index (χ1) is 9.49. The molecule has 112 valence electrons. The van der Waals surface area contributed by atoms with Crippen molar-refractivity contribution < 1.29 is 9.90 Å². The average molecular weight is 316 g/mol. The van der Waals surface area contributed by atoms with Crippen molar-refractivity contribution >= 4 is 29.3 Å². The maximum atomic E-state index is 11.4. The Labute approximate surface area is 130 Å². The second kappa shape index (κ2) is 8.55. The van der Waals surface area contributed by atoms with Crippen molar-refractivity contribution in [3.05, 3.63) is 29.3 Å². The smallest absolute Gasteiger partial charge is 0.323 e. The highest BCUT2D eigenvalue weighted by Crippen LogP contribution is 2.28. The highest BCUT2D eigenvalue weighted by Gasteiger charge is 2.31. The second-order valence-electron chi connectivity index (χ2n) is 4.95. The fourth-order valence-corrected chi connectivity index (χ4v) is 3.03. The quantitative estimate of drug-likeness (QED) is 0.533. The summed E-state index contributed by atoms with van der Waals surface area (Å²) >= 11 is 7.76. The molecule has 1 unspecified atom stereocenters. The summed E-state index contributed by atoms with van der Waals surface area (Å²) in [7, 11) is 0. The number of carboxylic acid groups (broad SMARTS) is 1. The standard InChI is InChI=1S/C15H22ClNO2S/c1-3-10-17-15(2,14(18)19)9-6-11-20-13-8-5-4-7-12(13)16/h4-5,7-8,17H,3,6,9-11H2,1-2H3,(H,18,19). The molecule has 1 rings (SSSR count). The van der Waals surface area contributed by atoms with E-state index in [1.807, 2.05) is 31.2 Å². The Morgan fingerprint density at radius 3 is 2.75 bits per heavy atom. The topological polar surface area (TPSA) is 49.3 Å². The number of hydrogen-bond acceptors (Lipinski definition) is 3. The van der Waals surface area contributed by atoms with Crippen LogP contribution >= 0.6 is 23.4 Å². The molecule has 0 bridgehead atoms. The van der Waals surface area contributed by atoms with Crippen LogP contribution in [0, 0.1) is 0 Å². The van der Waals surface area contributed by atoms with Gasteiger partial charge in [-0.25, -0.2) is 0 Å². The van der Waals surface area contributed by atoms with Gasteiger partial charge in [0.25, 0.3) is 0 Å². The summed E-state index contributed by atoms with van der Waals surface area (Å²) in [4.78, 5) is 12.4. The van der Waals surface area contributed by atoms with Gasteiger partial charge in [-0.15, -0.1) is 11.8 Å². The number of nitrogens with one attached hydrogen (secondary N) is 1. The SMILES string of the molecule is CCCNC(C)(CCCSc1ccccc1Cl)C(=O)O. The Hall–Kier alpha value is -0.710. The van der Waals surface area contributed by atoms with Crippen LogP contribution < -0.4 is 5.32 Å². The molecule has 1 aromatic carbocycles. The third kappa shape index (κ3) is 5.35. The summed E-state index contributed by atoms with van der Waals surface area (Å²) in [5.41, 5.74) is -0.836. The molecule has 0 heterocycles. The zero-order chi connectivity index (χ0) is 15.0. The number of carboxylic acids is 1. The first-order valence-electron chi connectivity index (χ1n) is 6.85. The molecule has 20 heavy (non-hydrogen) atoms. The molecule has 0 aromatic heterocycles. The molecule has 3 nitrogen and oxygen atoms in total. The van der Waals surface area contributed by atoms with Gasteiger partial charge >= 0.3 is 5.97 Å². The van der Waals surface area contributed by atoms with Crippen LogP contribution in [0.25, 0.3) is 0 Å². The first-order valence-corrected chi connectivity index (χ1v) is 8.21. The summed E-state index contributed by atoms with van der Waals surface area (Å²) in [6, 6.07) is 7.72. The molecule has 0 spiro atoms. The minimum Gasteiger partial charge on any atom is -0.480 e. The van der Waals surface area contributed by atoms with Crippen LogP contribution in [0.3, 0.4) is 0 Å². The van der Waals surface area contributed by atoms with Crippen LogP contribution in [0.2, 0.25) is 5.02 Å². The summed E-state index contributed by atoms with van der Waals surface area (Å²) in [6.45, 7) is 4.51. The van der Waals surface area contributed by atoms with E-state index >= 15 is 0 Å². The summed E-state index contributed by atoms with van der Waals surface area (Å²) in [5, 5.41) is 13.2. The van der Waals surface area contributed by atoms with Crippen LogP contribution in [0.5, 0.6) is 0 Å². The molecule has 0 saturated carbocycles. The van der Waals surface area contributed by atoms with Gasteiger partial charge < -0.3 is 10.4 Å². The molecule has 0 aliphatic heterocycles. The Bertz CT molecular complexity index is 442. The molecule has 1 atom stereocenters. The van der Waals surface area contributed by atoms with E-state index in [0.717, 1.165) is 35.1 Å². The zero-order valence-electron chi connectivity index (χ0n) is 12.0. The van der Waals surface area contributed by atoms with E-state index in [0.29, 0.717) is 6.42 Å². The third-order valence-electron chi connectivity index (χ3n) is 3.15. The number of benzene rings is 1. The van der Waals surface area contributed by atoms with E-state index in [1.54, 1.807) is 18.7 Å². The van der Waals surface area contributed by atoms with Crippen molar-refractivity contribution in [1.82, 2.24) is 5.32 Å². The van der Waals surface area contributed by atoms with Crippen molar-refractivity contribution in [2.24, 2.45) is 0 Å². The maximum absolute atomic E-state index is 11.4. The van der Waals surface area contributed by atoms with E-state index in [-0.39, 0.29) is 0 Å². The number of halogens is 1. The van der Waals surface area contributed by atoms with Crippen molar-refractivity contribution in [3.8, 4) is 0 Å². The molecule has 0 aliphatic carbocycles. The van der Waals surface area contributed by atoms with Gasteiger partial charge in [0, 0.05) is 4.90 Å². The van der Waals surface area contributed by atoms with Gasteiger partial charge in [0.05, 0.1) is 5.02 Å². The monoisotopic (exact) mass is 315 g/mol. The highest BCUT2D eigenvalue weighted by atomic mass is 35.5. The number of rotatable bonds is 9. The molecule has 0 amide bonds. The number of hydrogen-bond donors (Lipinski definition) is 2. The molecule has 0 fully saturated rings. The fourth-order valence-electron chi connectivity index (χ4n) is 1.84. The predicted molar refractivity (Wildman–Crippen MR) is 85.7 cm³/mol. The third-order valence-corrected chi connectivity index (χ3v) is 4.75. The van der Waals surface area contributed by atoms with Crippen molar-refractivity contribution in [2.75, 3.05) is 12.3 Å². The lowest BCUT2D eigenvalue weighted by Gasteiger charge is -2.26. The van der Waals surface area contributed by atoms with Gasteiger partial charge in [-0.2, -0.15) is 0 Å². The van der Waals surface area contributed by atoms with E-state index in [9.17, 15) is 9.90 Å². The summed E-state index contributed by atoms with van der Waals surface area (Å²) in [5.74, 6) is 0.0779. The average Bonchev–Trinajstić information content (AvgIpc) is 2.43. The second-order valence-corrected chi connectivity index (χ2v) is 6.49. The normalized spacial score (nSPS) is 13.9. The summed E-state index contributed by atoms with van der Waals surface area (Å²) < 4.78 is 0.